The van der Waals surface area contributed by atoms with E-state index in [1.807, 2.05) is 30.3 Å². The molecule has 0 atom stereocenters. The zero-order chi connectivity index (χ0) is 19.2. The number of ether oxygens (including phenoxy) is 1. The number of carbonyl (C=O) groups is 3. The maximum absolute atomic E-state index is 12.5. The molecule has 6 heteroatoms. The molecule has 0 N–H and O–H groups in total. The lowest BCUT2D eigenvalue weighted by molar-refractivity contribution is -0.139. The van der Waals surface area contributed by atoms with Crippen LogP contribution < -0.4 is 4.74 Å². The van der Waals surface area contributed by atoms with Gasteiger partial charge in [0.25, 0.3) is 5.91 Å². The maximum Gasteiger partial charge on any atom is 0.253 e. The molecule has 27 heavy (non-hydrogen) atoms. The molecular weight excluding hydrogens is 344 g/mol. The lowest BCUT2D eigenvalue weighted by Crippen LogP contribution is -2.31. The minimum atomic E-state index is -0.140. The second-order valence-electron chi connectivity index (χ2n) is 6.46. The Morgan fingerprint density at radius 3 is 2.26 bits per heavy atom. The van der Waals surface area contributed by atoms with Crippen molar-refractivity contribution in [1.82, 2.24) is 9.80 Å². The van der Waals surface area contributed by atoms with E-state index >= 15 is 0 Å². The number of benzene rings is 2. The lowest BCUT2D eigenvalue weighted by atomic mass is 10.1. The Hall–Kier alpha value is -3.15. The molecule has 140 valence electrons. The van der Waals surface area contributed by atoms with E-state index in [0.29, 0.717) is 18.7 Å². The van der Waals surface area contributed by atoms with Gasteiger partial charge < -0.3 is 9.64 Å². The van der Waals surface area contributed by atoms with Crippen molar-refractivity contribution in [2.24, 2.45) is 0 Å². The fourth-order valence-electron chi connectivity index (χ4n) is 2.87. The molecule has 3 amide bonds. The van der Waals surface area contributed by atoms with Crippen molar-refractivity contribution in [2.45, 2.75) is 19.4 Å². The number of likely N-dealkylation sites (N-methyl/N-ethyl adjacent to an activating group) is 1. The van der Waals surface area contributed by atoms with Crippen molar-refractivity contribution < 1.29 is 19.1 Å². The topological polar surface area (TPSA) is 66.9 Å². The third-order valence-corrected chi connectivity index (χ3v) is 4.48. The Morgan fingerprint density at radius 1 is 1.00 bits per heavy atom. The Labute approximate surface area is 158 Å². The van der Waals surface area contributed by atoms with Gasteiger partial charge in [0, 0.05) is 25.5 Å². The van der Waals surface area contributed by atoms with Gasteiger partial charge in [0.1, 0.15) is 12.4 Å². The van der Waals surface area contributed by atoms with Crippen molar-refractivity contribution in [3.8, 4) is 5.75 Å². The molecule has 1 heterocycles. The van der Waals surface area contributed by atoms with Gasteiger partial charge in [-0.1, -0.05) is 30.3 Å². The van der Waals surface area contributed by atoms with Crippen molar-refractivity contribution in [3.05, 3.63) is 65.7 Å². The SMILES string of the molecule is CN(CCOc1ccccc1)C(=O)c1ccc(CN2C(=O)CCC2=O)cc1. The van der Waals surface area contributed by atoms with Gasteiger partial charge in [-0.15, -0.1) is 0 Å². The first-order valence-electron chi connectivity index (χ1n) is 8.90. The van der Waals surface area contributed by atoms with Crippen LogP contribution >= 0.6 is 0 Å². The molecule has 1 fully saturated rings. The standard InChI is InChI=1S/C21H22N2O4/c1-22(13-14-27-18-5-3-2-4-6-18)21(26)17-9-7-16(8-10-17)15-23-19(24)11-12-20(23)25/h2-10H,11-15H2,1H3. The molecule has 2 aromatic rings. The summed E-state index contributed by atoms with van der Waals surface area (Å²) in [5, 5.41) is 0. The van der Waals surface area contributed by atoms with Crippen LogP contribution in [0.5, 0.6) is 5.75 Å². The molecule has 0 aromatic heterocycles. The summed E-state index contributed by atoms with van der Waals surface area (Å²) in [7, 11) is 1.73. The Balaban J connectivity index is 1.52. The molecule has 0 bridgehead atoms. The Kier molecular flexibility index (Phi) is 5.86. The average Bonchev–Trinajstić information content (AvgIpc) is 3.01. The number of nitrogens with zero attached hydrogens (tertiary/aromatic N) is 2. The first-order valence-corrected chi connectivity index (χ1v) is 8.90. The van der Waals surface area contributed by atoms with Crippen molar-refractivity contribution in [1.29, 1.82) is 0 Å². The van der Waals surface area contributed by atoms with Gasteiger partial charge in [-0.25, -0.2) is 0 Å². The summed E-state index contributed by atoms with van der Waals surface area (Å²) >= 11 is 0. The third kappa shape index (κ3) is 4.73. The van der Waals surface area contributed by atoms with Crippen molar-refractivity contribution in [2.75, 3.05) is 20.2 Å². The molecule has 2 aromatic carbocycles. The van der Waals surface area contributed by atoms with Crippen LogP contribution in [0, 0.1) is 0 Å². The van der Waals surface area contributed by atoms with Crippen LogP contribution in [0.3, 0.4) is 0 Å². The molecule has 0 radical (unpaired) electrons. The molecule has 0 unspecified atom stereocenters. The molecule has 0 saturated carbocycles. The van der Waals surface area contributed by atoms with Crippen LogP contribution in [-0.4, -0.2) is 47.7 Å². The molecule has 0 spiro atoms. The van der Waals surface area contributed by atoms with Crippen LogP contribution in [0.25, 0.3) is 0 Å². The van der Waals surface area contributed by atoms with Gasteiger partial charge in [-0.2, -0.15) is 0 Å². The lowest BCUT2D eigenvalue weighted by Gasteiger charge is -2.18. The van der Waals surface area contributed by atoms with Crippen LogP contribution in [-0.2, 0) is 16.1 Å². The average molecular weight is 366 g/mol. The number of imide groups is 1. The second-order valence-corrected chi connectivity index (χ2v) is 6.46. The number of para-hydroxylation sites is 1. The summed E-state index contributed by atoms with van der Waals surface area (Å²) in [5.41, 5.74) is 1.38. The van der Waals surface area contributed by atoms with E-state index in [1.165, 1.54) is 4.90 Å². The molecule has 1 saturated heterocycles. The highest BCUT2D eigenvalue weighted by Crippen LogP contribution is 2.16. The van der Waals surface area contributed by atoms with E-state index in [2.05, 4.69) is 0 Å². The molecule has 6 nitrogen and oxygen atoms in total. The molecule has 0 aliphatic carbocycles. The summed E-state index contributed by atoms with van der Waals surface area (Å²) in [6.07, 6.45) is 0.566. The minimum Gasteiger partial charge on any atom is -0.492 e. The van der Waals surface area contributed by atoms with Crippen LogP contribution in [0.15, 0.2) is 54.6 Å². The third-order valence-electron chi connectivity index (χ3n) is 4.48. The monoisotopic (exact) mass is 366 g/mol. The van der Waals surface area contributed by atoms with Crippen molar-refractivity contribution >= 4 is 17.7 Å². The van der Waals surface area contributed by atoms with Crippen LogP contribution in [0.1, 0.15) is 28.8 Å². The van der Waals surface area contributed by atoms with Gasteiger partial charge in [-0.05, 0) is 29.8 Å². The van der Waals surface area contributed by atoms with E-state index in [9.17, 15) is 14.4 Å². The smallest absolute Gasteiger partial charge is 0.253 e. The zero-order valence-electron chi connectivity index (χ0n) is 15.3. The highest BCUT2D eigenvalue weighted by molar-refractivity contribution is 6.01. The largest absolute Gasteiger partial charge is 0.492 e. The van der Waals surface area contributed by atoms with E-state index in [4.69, 9.17) is 4.74 Å². The first-order chi connectivity index (χ1) is 13.0. The molecular formula is C21H22N2O4. The summed E-state index contributed by atoms with van der Waals surface area (Å²) in [6, 6.07) is 16.5. The second kappa shape index (κ2) is 8.49. The van der Waals surface area contributed by atoms with Gasteiger partial charge in [0.15, 0.2) is 0 Å². The van der Waals surface area contributed by atoms with Crippen LogP contribution in [0.2, 0.25) is 0 Å². The van der Waals surface area contributed by atoms with E-state index in [0.717, 1.165) is 11.3 Å². The number of amides is 3. The number of likely N-dealkylation sites (tertiary alicyclic amines) is 1. The van der Waals surface area contributed by atoms with E-state index in [1.54, 1.807) is 36.2 Å². The van der Waals surface area contributed by atoms with Gasteiger partial charge in [0.2, 0.25) is 11.8 Å². The van der Waals surface area contributed by atoms with Crippen molar-refractivity contribution in [3.63, 3.8) is 0 Å². The molecule has 1 aliphatic rings. The normalized spacial score (nSPS) is 13.7. The van der Waals surface area contributed by atoms with E-state index < -0.39 is 0 Å². The van der Waals surface area contributed by atoms with Gasteiger partial charge >= 0.3 is 0 Å². The fraction of sp³-hybridized carbons (Fsp3) is 0.286. The highest BCUT2D eigenvalue weighted by atomic mass is 16.5. The minimum absolute atomic E-state index is 0.105. The molecule has 1 aliphatic heterocycles. The Morgan fingerprint density at radius 2 is 1.63 bits per heavy atom. The van der Waals surface area contributed by atoms with Crippen LogP contribution in [0.4, 0.5) is 0 Å². The zero-order valence-corrected chi connectivity index (χ0v) is 15.3. The summed E-state index contributed by atoms with van der Waals surface area (Å²) in [6.45, 7) is 1.13. The summed E-state index contributed by atoms with van der Waals surface area (Å²) < 4.78 is 5.61. The first kappa shape index (κ1) is 18.6. The highest BCUT2D eigenvalue weighted by Gasteiger charge is 2.28. The quantitative estimate of drug-likeness (QED) is 0.706. The van der Waals surface area contributed by atoms with Gasteiger partial charge in [0.05, 0.1) is 13.1 Å². The number of carbonyl (C=O) groups excluding carboxylic acids is 3. The molecule has 3 rings (SSSR count). The van der Waals surface area contributed by atoms with E-state index in [-0.39, 0.29) is 37.1 Å². The predicted molar refractivity (Wildman–Crippen MR) is 100 cm³/mol. The fourth-order valence-corrected chi connectivity index (χ4v) is 2.87. The number of hydrogen-bond donors (Lipinski definition) is 0. The number of rotatable bonds is 7. The predicted octanol–water partition coefficient (Wildman–Crippen LogP) is 2.49. The number of hydrogen-bond acceptors (Lipinski definition) is 4. The Bertz CT molecular complexity index is 802. The summed E-state index contributed by atoms with van der Waals surface area (Å²) in [4.78, 5) is 38.7. The van der Waals surface area contributed by atoms with Gasteiger partial charge in [-0.3, -0.25) is 19.3 Å². The summed E-state index contributed by atoms with van der Waals surface area (Å²) in [5.74, 6) is 0.386. The maximum atomic E-state index is 12.5.